The number of aliphatic hydroxyl groups excluding tert-OH is 3. The van der Waals surface area contributed by atoms with Crippen molar-refractivity contribution in [3.63, 3.8) is 0 Å². The highest BCUT2D eigenvalue weighted by Crippen LogP contribution is 2.41. The van der Waals surface area contributed by atoms with E-state index < -0.39 is 84.3 Å². The molecule has 3 fully saturated rings. The van der Waals surface area contributed by atoms with Crippen molar-refractivity contribution in [3.8, 4) is 5.69 Å². The fraction of sp³-hybridized carbons (Fsp3) is 0.809. The molecule has 64 heavy (non-hydrogen) atoms. The molecule has 1 aromatic heterocycles. The molecule has 0 spiro atoms. The van der Waals surface area contributed by atoms with E-state index in [0.29, 0.717) is 31.6 Å². The second kappa shape index (κ2) is 22.4. The number of carbonyl (C=O) groups is 1. The van der Waals surface area contributed by atoms with Gasteiger partial charge in [0, 0.05) is 45.7 Å². The Kier molecular flexibility index (Phi) is 18.3. The van der Waals surface area contributed by atoms with Gasteiger partial charge in [-0.05, 0) is 99.5 Å². The zero-order valence-corrected chi connectivity index (χ0v) is 40.7. The van der Waals surface area contributed by atoms with Crippen LogP contribution in [0.15, 0.2) is 30.5 Å². The van der Waals surface area contributed by atoms with E-state index in [-0.39, 0.29) is 43.6 Å². The van der Waals surface area contributed by atoms with E-state index in [1.165, 1.54) is 7.11 Å². The molecule has 364 valence electrons. The first-order valence-corrected chi connectivity index (χ1v) is 23.0. The molecule has 17 atom stereocenters. The highest BCUT2D eigenvalue weighted by atomic mass is 16.7. The number of carbonyl (C=O) groups excluding carboxylic acids is 1. The van der Waals surface area contributed by atoms with E-state index in [2.05, 4.69) is 10.3 Å². The van der Waals surface area contributed by atoms with Gasteiger partial charge in [0.25, 0.3) is 0 Å². The number of aryl methyl sites for hydroxylation is 1. The van der Waals surface area contributed by atoms with Crippen LogP contribution in [0.5, 0.6) is 0 Å². The highest BCUT2D eigenvalue weighted by molar-refractivity contribution is 5.73. The van der Waals surface area contributed by atoms with E-state index >= 15 is 0 Å². The van der Waals surface area contributed by atoms with Crippen LogP contribution in [0.2, 0.25) is 0 Å². The maximum Gasteiger partial charge on any atom is 0.311 e. The van der Waals surface area contributed by atoms with Crippen LogP contribution in [-0.4, -0.2) is 180 Å². The minimum Gasteiger partial charge on any atom is -0.458 e. The molecule has 2 aromatic rings. The van der Waals surface area contributed by atoms with Gasteiger partial charge in [0.15, 0.2) is 12.6 Å². The number of nitrogens with zero attached hydrogens (tertiary/aromatic N) is 5. The van der Waals surface area contributed by atoms with Gasteiger partial charge in [0.1, 0.15) is 24.0 Å². The first-order valence-electron chi connectivity index (χ1n) is 23.0. The minimum absolute atomic E-state index is 0.0531. The number of ether oxygens (including phenoxy) is 8. The van der Waals surface area contributed by atoms with Crippen LogP contribution in [0, 0.1) is 30.6 Å². The number of aliphatic hydroxyl groups is 3. The van der Waals surface area contributed by atoms with Crippen molar-refractivity contribution < 1.29 is 58.0 Å². The zero-order valence-electron chi connectivity index (χ0n) is 40.7. The summed E-state index contributed by atoms with van der Waals surface area (Å²) in [5, 5.41) is 43.4. The van der Waals surface area contributed by atoms with Gasteiger partial charge < -0.3 is 63.0 Å². The first kappa shape index (κ1) is 52.3. The van der Waals surface area contributed by atoms with Crippen molar-refractivity contribution in [2.45, 2.75) is 167 Å². The summed E-state index contributed by atoms with van der Waals surface area (Å²) in [6, 6.07) is 7.70. The SMILES string of the molecule is CO[C@]1(C)C[C@@H](C)[C@H](O)[C@H](C)CN(C)C[C@H](COCc2cn(-c3ccc(C)cc3)nn2)OC(=O)[C@H](C)[C@@H](O[C@H]2C[C@@](C)(OC)[C@@H](O)[C@H](C)O2)[C@H](C)[C@H]1O[C@@H]1O[C@H](C)C[C@H](N(C)C)[C@H]1O. The number of cyclic esters (lactones) is 1. The number of esters is 1. The van der Waals surface area contributed by atoms with Crippen molar-refractivity contribution in [2.75, 3.05) is 55.1 Å². The third-order valence-corrected chi connectivity index (χ3v) is 14.0. The fourth-order valence-corrected chi connectivity index (χ4v) is 9.93. The summed E-state index contributed by atoms with van der Waals surface area (Å²) in [4.78, 5) is 18.7. The number of hydrogen-bond acceptors (Lipinski definition) is 16. The van der Waals surface area contributed by atoms with Crippen LogP contribution in [-0.2, 0) is 49.3 Å². The van der Waals surface area contributed by atoms with Gasteiger partial charge in [-0.2, -0.15) is 0 Å². The van der Waals surface area contributed by atoms with Crippen molar-refractivity contribution in [1.29, 1.82) is 0 Å². The predicted molar refractivity (Wildman–Crippen MR) is 238 cm³/mol. The number of benzene rings is 1. The molecule has 5 rings (SSSR count). The Morgan fingerprint density at radius 2 is 1.56 bits per heavy atom. The molecule has 0 aliphatic carbocycles. The number of hydrogen-bond donors (Lipinski definition) is 3. The van der Waals surface area contributed by atoms with Gasteiger partial charge in [0.2, 0.25) is 0 Å². The van der Waals surface area contributed by atoms with Crippen LogP contribution in [0.1, 0.15) is 85.9 Å². The normalized spacial score (nSPS) is 40.2. The smallest absolute Gasteiger partial charge is 0.311 e. The topological polar surface area (TPSA) is 189 Å². The third-order valence-electron chi connectivity index (χ3n) is 14.0. The van der Waals surface area contributed by atoms with E-state index in [0.717, 1.165) is 11.3 Å². The summed E-state index contributed by atoms with van der Waals surface area (Å²) in [7, 11) is 8.91. The molecule has 0 amide bonds. The average Bonchev–Trinajstić information content (AvgIpc) is 3.72. The Labute approximate surface area is 380 Å². The second-order valence-corrected chi connectivity index (χ2v) is 19.8. The van der Waals surface area contributed by atoms with E-state index in [9.17, 15) is 20.1 Å². The Balaban J connectivity index is 1.51. The lowest BCUT2D eigenvalue weighted by Crippen LogP contribution is -2.61. The molecule has 0 bridgehead atoms. The van der Waals surface area contributed by atoms with E-state index in [4.69, 9.17) is 37.9 Å². The number of methoxy groups -OCH3 is 2. The lowest BCUT2D eigenvalue weighted by Gasteiger charge is -2.49. The molecular formula is C47H79N5O12. The molecule has 3 aliphatic heterocycles. The highest BCUT2D eigenvalue weighted by Gasteiger charge is 2.52. The number of rotatable bonds is 12. The Morgan fingerprint density at radius 3 is 2.20 bits per heavy atom. The minimum atomic E-state index is -1.11. The number of aromatic nitrogens is 3. The number of likely N-dealkylation sites (N-methyl/N-ethyl adjacent to an activating group) is 2. The lowest BCUT2D eigenvalue weighted by molar-refractivity contribution is -0.319. The fourth-order valence-electron chi connectivity index (χ4n) is 9.93. The molecule has 1 aromatic carbocycles. The monoisotopic (exact) mass is 906 g/mol. The molecule has 3 aliphatic rings. The summed E-state index contributed by atoms with van der Waals surface area (Å²) in [5.41, 5.74) is 0.504. The largest absolute Gasteiger partial charge is 0.458 e. The summed E-state index contributed by atoms with van der Waals surface area (Å²) in [6.45, 7) is 18.2. The maximum atomic E-state index is 14.7. The van der Waals surface area contributed by atoms with E-state index in [1.54, 1.807) is 32.6 Å². The van der Waals surface area contributed by atoms with Crippen LogP contribution in [0.4, 0.5) is 0 Å². The molecule has 17 heteroatoms. The first-order chi connectivity index (χ1) is 30.1. The molecule has 3 N–H and O–H groups in total. The maximum absolute atomic E-state index is 14.7. The van der Waals surface area contributed by atoms with Gasteiger partial charge in [-0.1, -0.05) is 43.7 Å². The molecule has 0 saturated carbocycles. The van der Waals surface area contributed by atoms with E-state index in [1.807, 2.05) is 103 Å². The van der Waals surface area contributed by atoms with Crippen molar-refractivity contribution in [2.24, 2.45) is 23.7 Å². The quantitative estimate of drug-likeness (QED) is 0.261. The third kappa shape index (κ3) is 12.7. The second-order valence-electron chi connectivity index (χ2n) is 19.8. The Hall–Kier alpha value is -2.65. The molecule has 0 radical (unpaired) electrons. The van der Waals surface area contributed by atoms with Crippen molar-refractivity contribution in [1.82, 2.24) is 24.8 Å². The zero-order chi connectivity index (χ0) is 47.3. The average molecular weight is 906 g/mol. The molecule has 17 nitrogen and oxygen atoms in total. The summed E-state index contributed by atoms with van der Waals surface area (Å²) in [5.74, 6) is -2.57. The molecule has 3 saturated heterocycles. The standard InChI is InChI=1S/C47H79N5O12/c1-27-15-17-35(18-16-27)52-23-34(48-49-52)25-59-26-36-24-51(12)22-29(3)39(53)28(2)20-47(9,58-14)43(64-45-40(54)37(50(10)11)19-30(4)60-45)31(5)41(32(6)44(56)62-36)63-38-21-46(8,57-13)42(55)33(7)61-38/h15-18,23,28-33,36-43,45,53-55H,19-22,24-26H2,1-14H3/t28-,29-,30-,31+,32-,33+,36-,37+,38+,39+,40-,41+,42+,43-,45+,46-,47-/m1/s1. The summed E-state index contributed by atoms with van der Waals surface area (Å²) < 4.78 is 53.1. The molecular weight excluding hydrogens is 827 g/mol. The lowest BCUT2D eigenvalue weighted by atomic mass is 9.75. The Bertz CT molecular complexity index is 1750. The van der Waals surface area contributed by atoms with Gasteiger partial charge in [-0.15, -0.1) is 5.10 Å². The molecule has 0 unspecified atom stereocenters. The van der Waals surface area contributed by atoms with Crippen LogP contribution in [0.3, 0.4) is 0 Å². The summed E-state index contributed by atoms with van der Waals surface area (Å²) in [6.07, 6.45) is -5.18. The van der Waals surface area contributed by atoms with Crippen LogP contribution < -0.4 is 0 Å². The van der Waals surface area contributed by atoms with Crippen molar-refractivity contribution >= 4 is 5.97 Å². The van der Waals surface area contributed by atoms with Gasteiger partial charge in [-0.3, -0.25) is 4.79 Å². The van der Waals surface area contributed by atoms with Gasteiger partial charge >= 0.3 is 5.97 Å². The summed E-state index contributed by atoms with van der Waals surface area (Å²) >= 11 is 0. The van der Waals surface area contributed by atoms with Crippen molar-refractivity contribution in [3.05, 3.63) is 41.7 Å². The van der Waals surface area contributed by atoms with Gasteiger partial charge in [0.05, 0.1) is 72.7 Å². The van der Waals surface area contributed by atoms with Gasteiger partial charge in [-0.25, -0.2) is 4.68 Å². The molecule has 4 heterocycles. The predicted octanol–water partition coefficient (Wildman–Crippen LogP) is 3.75. The Morgan fingerprint density at radius 1 is 0.891 bits per heavy atom. The van der Waals surface area contributed by atoms with Crippen LogP contribution >= 0.6 is 0 Å². The van der Waals surface area contributed by atoms with Crippen LogP contribution in [0.25, 0.3) is 5.69 Å².